The molecular formula is C15H23FN2O3. The second-order valence-corrected chi connectivity index (χ2v) is 6.46. The summed E-state index contributed by atoms with van der Waals surface area (Å²) >= 11 is 0. The SMILES string of the molecule is [C-]#[N+]C/C(F)=C/C[C@H]1COC(C)(C)N1C(=O)OC(C)(C)C. The van der Waals surface area contributed by atoms with Gasteiger partial charge in [-0.2, -0.15) is 0 Å². The normalized spacial score (nSPS) is 22.0. The van der Waals surface area contributed by atoms with Gasteiger partial charge in [-0.25, -0.2) is 15.8 Å². The number of rotatable bonds is 3. The van der Waals surface area contributed by atoms with Gasteiger partial charge in [-0.3, -0.25) is 4.90 Å². The van der Waals surface area contributed by atoms with Gasteiger partial charge in [0.15, 0.2) is 5.83 Å². The summed E-state index contributed by atoms with van der Waals surface area (Å²) in [6, 6.07) is -0.300. The minimum Gasteiger partial charge on any atom is -0.444 e. The van der Waals surface area contributed by atoms with Gasteiger partial charge < -0.3 is 14.3 Å². The van der Waals surface area contributed by atoms with Crippen LogP contribution in [0.5, 0.6) is 0 Å². The van der Waals surface area contributed by atoms with Gasteiger partial charge in [-0.1, -0.05) is 0 Å². The van der Waals surface area contributed by atoms with Crippen LogP contribution >= 0.6 is 0 Å². The van der Waals surface area contributed by atoms with E-state index in [2.05, 4.69) is 4.85 Å². The van der Waals surface area contributed by atoms with Crippen molar-refractivity contribution in [2.75, 3.05) is 13.2 Å². The highest BCUT2D eigenvalue weighted by Crippen LogP contribution is 2.31. The van der Waals surface area contributed by atoms with Crippen molar-refractivity contribution in [2.24, 2.45) is 0 Å². The molecule has 0 aromatic rings. The summed E-state index contributed by atoms with van der Waals surface area (Å²) in [4.78, 5) is 16.8. The van der Waals surface area contributed by atoms with Gasteiger partial charge >= 0.3 is 6.09 Å². The minimum atomic E-state index is -0.795. The van der Waals surface area contributed by atoms with Crippen LogP contribution in [0, 0.1) is 6.57 Å². The van der Waals surface area contributed by atoms with Crippen molar-refractivity contribution < 1.29 is 18.7 Å². The Bertz CT molecular complexity index is 461. The van der Waals surface area contributed by atoms with Gasteiger partial charge in [0.25, 0.3) is 6.54 Å². The lowest BCUT2D eigenvalue weighted by Crippen LogP contribution is -2.49. The fourth-order valence-corrected chi connectivity index (χ4v) is 2.14. The van der Waals surface area contributed by atoms with E-state index in [1.807, 2.05) is 0 Å². The van der Waals surface area contributed by atoms with Crippen LogP contribution in [0.3, 0.4) is 0 Å². The lowest BCUT2D eigenvalue weighted by Gasteiger charge is -2.34. The molecule has 118 valence electrons. The lowest BCUT2D eigenvalue weighted by molar-refractivity contribution is -0.0623. The molecule has 0 aromatic carbocycles. The zero-order valence-corrected chi connectivity index (χ0v) is 13.3. The van der Waals surface area contributed by atoms with E-state index in [0.717, 1.165) is 0 Å². The van der Waals surface area contributed by atoms with Gasteiger partial charge in [-0.15, -0.1) is 0 Å². The third kappa shape index (κ3) is 5.01. The molecule has 0 aromatic heterocycles. The quantitative estimate of drug-likeness (QED) is 0.749. The number of halogens is 1. The van der Waals surface area contributed by atoms with Gasteiger partial charge in [0.05, 0.1) is 12.6 Å². The van der Waals surface area contributed by atoms with E-state index in [4.69, 9.17) is 16.0 Å². The van der Waals surface area contributed by atoms with E-state index in [1.54, 1.807) is 34.6 Å². The number of hydrogen-bond acceptors (Lipinski definition) is 3. The van der Waals surface area contributed by atoms with Crippen molar-refractivity contribution in [3.63, 3.8) is 0 Å². The molecule has 0 radical (unpaired) electrons. The van der Waals surface area contributed by atoms with Crippen LogP contribution in [0.1, 0.15) is 41.0 Å². The first-order valence-electron chi connectivity index (χ1n) is 6.91. The van der Waals surface area contributed by atoms with Crippen molar-refractivity contribution in [1.82, 2.24) is 4.90 Å². The van der Waals surface area contributed by atoms with Crippen LogP contribution in [0.2, 0.25) is 0 Å². The number of amides is 1. The standard InChI is InChI=1S/C15H23FN2O3/c1-14(2,3)21-13(19)18-12(10-20-15(18,4)5)8-7-11(16)9-17-6/h7,12H,8-10H2,1-5H3/b11-7-/t12-/m0/s1. The number of carbonyl (C=O) groups is 1. The zero-order chi connectivity index (χ0) is 16.3. The van der Waals surface area contributed by atoms with E-state index in [1.165, 1.54) is 11.0 Å². The fraction of sp³-hybridized carbons (Fsp3) is 0.733. The van der Waals surface area contributed by atoms with Crippen molar-refractivity contribution in [1.29, 1.82) is 0 Å². The van der Waals surface area contributed by atoms with Crippen LogP contribution < -0.4 is 0 Å². The Balaban J connectivity index is 2.82. The summed E-state index contributed by atoms with van der Waals surface area (Å²) in [6.07, 6.45) is 1.16. The zero-order valence-electron chi connectivity index (χ0n) is 13.3. The second kappa shape index (κ2) is 6.44. The highest BCUT2D eigenvalue weighted by Gasteiger charge is 2.45. The highest BCUT2D eigenvalue weighted by atomic mass is 19.1. The van der Waals surface area contributed by atoms with Crippen molar-refractivity contribution in [3.8, 4) is 0 Å². The summed E-state index contributed by atoms with van der Waals surface area (Å²) in [5.41, 5.74) is -1.40. The molecule has 1 aliphatic heterocycles. The Labute approximate surface area is 125 Å². The van der Waals surface area contributed by atoms with E-state index < -0.39 is 23.2 Å². The summed E-state index contributed by atoms with van der Waals surface area (Å²) in [5.74, 6) is -0.487. The molecule has 1 heterocycles. The first kappa shape index (κ1) is 17.4. The molecule has 0 N–H and O–H groups in total. The second-order valence-electron chi connectivity index (χ2n) is 6.46. The van der Waals surface area contributed by atoms with E-state index in [9.17, 15) is 9.18 Å². The maximum Gasteiger partial charge on any atom is 0.412 e. The van der Waals surface area contributed by atoms with E-state index >= 15 is 0 Å². The van der Waals surface area contributed by atoms with Crippen molar-refractivity contribution in [2.45, 2.75) is 58.4 Å². The summed E-state index contributed by atoms with van der Waals surface area (Å²) in [5, 5.41) is 0. The number of ether oxygens (including phenoxy) is 2. The monoisotopic (exact) mass is 298 g/mol. The Hall–Kier alpha value is -1.61. The molecule has 1 aliphatic rings. The summed E-state index contributed by atoms with van der Waals surface area (Å²) in [6.45, 7) is 15.6. The third-order valence-electron chi connectivity index (χ3n) is 3.01. The maximum atomic E-state index is 13.3. The molecule has 6 heteroatoms. The fourth-order valence-electron chi connectivity index (χ4n) is 2.14. The first-order valence-corrected chi connectivity index (χ1v) is 6.91. The number of nitrogens with zero attached hydrogens (tertiary/aromatic N) is 2. The van der Waals surface area contributed by atoms with Crippen LogP contribution in [0.4, 0.5) is 9.18 Å². The first-order chi connectivity index (χ1) is 9.57. The van der Waals surface area contributed by atoms with Crippen LogP contribution in [0.15, 0.2) is 11.9 Å². The molecule has 0 aliphatic carbocycles. The van der Waals surface area contributed by atoms with Gasteiger partial charge in [0.1, 0.15) is 11.3 Å². The molecule has 1 amide bonds. The topological polar surface area (TPSA) is 43.1 Å². The van der Waals surface area contributed by atoms with Crippen molar-refractivity contribution in [3.05, 3.63) is 23.3 Å². The lowest BCUT2D eigenvalue weighted by atomic mass is 10.1. The predicted molar refractivity (Wildman–Crippen MR) is 77.2 cm³/mol. The van der Waals surface area contributed by atoms with Gasteiger partial charge in [-0.05, 0) is 47.1 Å². The molecule has 0 unspecified atom stereocenters. The molecular weight excluding hydrogens is 275 g/mol. The molecule has 0 bridgehead atoms. The molecule has 1 fully saturated rings. The minimum absolute atomic E-state index is 0.274. The molecule has 1 saturated heterocycles. The Morgan fingerprint density at radius 1 is 1.57 bits per heavy atom. The average Bonchev–Trinajstić information content (AvgIpc) is 2.60. The smallest absolute Gasteiger partial charge is 0.412 e. The summed E-state index contributed by atoms with van der Waals surface area (Å²) in [7, 11) is 0. The van der Waals surface area contributed by atoms with E-state index in [-0.39, 0.29) is 12.6 Å². The van der Waals surface area contributed by atoms with Crippen molar-refractivity contribution >= 4 is 6.09 Å². The molecule has 21 heavy (non-hydrogen) atoms. The average molecular weight is 298 g/mol. The maximum absolute atomic E-state index is 13.3. The largest absolute Gasteiger partial charge is 0.444 e. The molecule has 1 atom stereocenters. The van der Waals surface area contributed by atoms with Gasteiger partial charge in [0, 0.05) is 0 Å². The van der Waals surface area contributed by atoms with Crippen LogP contribution in [0.25, 0.3) is 4.85 Å². The number of carbonyl (C=O) groups excluding carboxylic acids is 1. The number of hydrogen-bond donors (Lipinski definition) is 0. The Morgan fingerprint density at radius 3 is 2.71 bits per heavy atom. The predicted octanol–water partition coefficient (Wildman–Crippen LogP) is 3.52. The molecule has 0 spiro atoms. The van der Waals surface area contributed by atoms with E-state index in [0.29, 0.717) is 13.0 Å². The highest BCUT2D eigenvalue weighted by molar-refractivity contribution is 5.69. The van der Waals surface area contributed by atoms with Gasteiger partial charge in [0.2, 0.25) is 0 Å². The van der Waals surface area contributed by atoms with Crippen LogP contribution in [-0.4, -0.2) is 41.5 Å². The Kier molecular flexibility index (Phi) is 5.35. The van der Waals surface area contributed by atoms with Crippen LogP contribution in [-0.2, 0) is 9.47 Å². The summed E-state index contributed by atoms with van der Waals surface area (Å²) < 4.78 is 24.3. The molecule has 1 rings (SSSR count). The third-order valence-corrected chi connectivity index (χ3v) is 3.01. The Morgan fingerprint density at radius 2 is 2.19 bits per heavy atom. The molecule has 0 saturated carbocycles. The molecule has 5 nitrogen and oxygen atoms in total.